The zero-order valence-electron chi connectivity index (χ0n) is 16.6. The summed E-state index contributed by atoms with van der Waals surface area (Å²) in [7, 11) is 0. The number of benzene rings is 1. The molecule has 0 saturated heterocycles. The van der Waals surface area contributed by atoms with Gasteiger partial charge in [0.2, 0.25) is 6.79 Å². The summed E-state index contributed by atoms with van der Waals surface area (Å²) in [5, 5.41) is 3.31. The van der Waals surface area contributed by atoms with Crippen LogP contribution >= 0.6 is 15.9 Å². The quantitative estimate of drug-likeness (QED) is 0.514. The van der Waals surface area contributed by atoms with E-state index < -0.39 is 5.92 Å². The second-order valence-corrected chi connectivity index (χ2v) is 8.34. The number of fused-ring (bicyclic) bond motifs is 1. The van der Waals surface area contributed by atoms with Crippen molar-refractivity contribution in [2.45, 2.75) is 51.9 Å². The summed E-state index contributed by atoms with van der Waals surface area (Å²) in [5.41, 5.74) is 3.58. The Morgan fingerprint density at radius 1 is 1.28 bits per heavy atom. The molecule has 1 aliphatic carbocycles. The Balaban J connectivity index is 1.82. The van der Waals surface area contributed by atoms with Crippen LogP contribution in [0.5, 0.6) is 11.5 Å². The summed E-state index contributed by atoms with van der Waals surface area (Å²) in [4.78, 5) is 26.0. The van der Waals surface area contributed by atoms with E-state index in [4.69, 9.17) is 14.2 Å². The molecular formula is C22H24BrNO5. The zero-order chi connectivity index (χ0) is 20.5. The first-order valence-corrected chi connectivity index (χ1v) is 10.8. The minimum Gasteiger partial charge on any atom is -0.462 e. The number of Topliss-reactive ketones (excluding diaryl/α,β-unsaturated/α-hetero) is 1. The third-order valence-corrected chi connectivity index (χ3v) is 6.22. The molecule has 0 aromatic heterocycles. The maximum Gasteiger partial charge on any atom is 0.336 e. The van der Waals surface area contributed by atoms with Gasteiger partial charge in [-0.25, -0.2) is 4.79 Å². The topological polar surface area (TPSA) is 73.9 Å². The van der Waals surface area contributed by atoms with Gasteiger partial charge in [-0.3, -0.25) is 4.79 Å². The molecule has 0 spiro atoms. The first-order chi connectivity index (χ1) is 14.0. The standard InChI is InChI=1S/C22H24BrNO5/c1-3-4-8-27-22(26)19-12(2)24-15-6-5-7-16(25)21(15)20(19)13-9-17-18(10-14(13)23)29-11-28-17/h9-10,20,24H,3-8,11H2,1-2H3/t20-/m1/s1. The number of hydrogen-bond donors (Lipinski definition) is 1. The van der Waals surface area contributed by atoms with Crippen LogP contribution in [-0.2, 0) is 14.3 Å². The Kier molecular flexibility index (Phi) is 5.67. The number of carbonyl (C=O) groups excluding carboxylic acids is 2. The molecule has 7 heteroatoms. The van der Waals surface area contributed by atoms with Crippen LogP contribution in [0.2, 0.25) is 0 Å². The number of dihydropyridines is 1. The molecule has 6 nitrogen and oxygen atoms in total. The molecule has 0 unspecified atom stereocenters. The van der Waals surface area contributed by atoms with Gasteiger partial charge >= 0.3 is 5.97 Å². The van der Waals surface area contributed by atoms with Crippen LogP contribution in [-0.4, -0.2) is 25.2 Å². The molecule has 1 aromatic rings. The van der Waals surface area contributed by atoms with Crippen molar-refractivity contribution >= 4 is 27.7 Å². The lowest BCUT2D eigenvalue weighted by Gasteiger charge is -2.34. The van der Waals surface area contributed by atoms with Crippen LogP contribution in [0, 0.1) is 0 Å². The fraction of sp³-hybridized carbons (Fsp3) is 0.455. The Bertz CT molecular complexity index is 933. The average Bonchev–Trinajstić information content (AvgIpc) is 3.13. The fourth-order valence-electron chi connectivity index (χ4n) is 4.11. The first kappa shape index (κ1) is 20.0. The predicted molar refractivity (Wildman–Crippen MR) is 111 cm³/mol. The number of esters is 1. The molecule has 0 amide bonds. The Morgan fingerprint density at radius 3 is 2.79 bits per heavy atom. The van der Waals surface area contributed by atoms with Crippen LogP contribution in [0.1, 0.15) is 57.4 Å². The number of halogens is 1. The Labute approximate surface area is 178 Å². The summed E-state index contributed by atoms with van der Waals surface area (Å²) in [6, 6.07) is 3.70. The van der Waals surface area contributed by atoms with Crippen molar-refractivity contribution in [1.82, 2.24) is 5.32 Å². The maximum absolute atomic E-state index is 13.1. The summed E-state index contributed by atoms with van der Waals surface area (Å²) in [6.07, 6.45) is 3.82. The molecule has 2 aliphatic heterocycles. The highest BCUT2D eigenvalue weighted by Gasteiger charge is 2.40. The Hall–Kier alpha value is -2.28. The lowest BCUT2D eigenvalue weighted by molar-refractivity contribution is -0.139. The van der Waals surface area contributed by atoms with Crippen LogP contribution in [0.4, 0.5) is 0 Å². The van der Waals surface area contributed by atoms with Gasteiger partial charge in [0.1, 0.15) is 0 Å². The van der Waals surface area contributed by atoms with Crippen LogP contribution < -0.4 is 14.8 Å². The molecule has 154 valence electrons. The van der Waals surface area contributed by atoms with Gasteiger partial charge in [-0.05, 0) is 43.9 Å². The Morgan fingerprint density at radius 2 is 2.03 bits per heavy atom. The number of unbranched alkanes of at least 4 members (excludes halogenated alkanes) is 1. The number of ether oxygens (including phenoxy) is 3. The summed E-state index contributed by atoms with van der Waals surface area (Å²) >= 11 is 3.62. The highest BCUT2D eigenvalue weighted by atomic mass is 79.9. The minimum atomic E-state index is -0.503. The SMILES string of the molecule is CCCCOC(=O)C1=C(C)NC2=C(C(=O)CCC2)[C@@H]1c1cc2c(cc1Br)OCO2. The molecule has 0 saturated carbocycles. The minimum absolute atomic E-state index is 0.0691. The average molecular weight is 462 g/mol. The van der Waals surface area contributed by atoms with Gasteiger partial charge in [0.25, 0.3) is 0 Å². The maximum atomic E-state index is 13.1. The number of hydrogen-bond acceptors (Lipinski definition) is 6. The highest BCUT2D eigenvalue weighted by Crippen LogP contribution is 2.48. The van der Waals surface area contributed by atoms with E-state index in [0.717, 1.165) is 47.1 Å². The van der Waals surface area contributed by atoms with Crippen molar-refractivity contribution in [2.75, 3.05) is 13.4 Å². The van der Waals surface area contributed by atoms with E-state index in [-0.39, 0.29) is 18.5 Å². The van der Waals surface area contributed by atoms with Crippen molar-refractivity contribution in [1.29, 1.82) is 0 Å². The molecule has 1 atom stereocenters. The van der Waals surface area contributed by atoms with Crippen LogP contribution in [0.25, 0.3) is 0 Å². The van der Waals surface area contributed by atoms with E-state index in [0.29, 0.717) is 35.7 Å². The number of rotatable bonds is 5. The molecule has 4 rings (SSSR count). The summed E-state index contributed by atoms with van der Waals surface area (Å²) < 4.78 is 17.3. The molecule has 0 radical (unpaired) electrons. The molecule has 1 aromatic carbocycles. The zero-order valence-corrected chi connectivity index (χ0v) is 18.2. The largest absolute Gasteiger partial charge is 0.462 e. The lowest BCUT2D eigenvalue weighted by atomic mass is 9.75. The van der Waals surface area contributed by atoms with Crippen molar-refractivity contribution < 1.29 is 23.8 Å². The predicted octanol–water partition coefficient (Wildman–Crippen LogP) is 4.49. The fourth-order valence-corrected chi connectivity index (χ4v) is 4.66. The molecule has 0 bridgehead atoms. The molecule has 0 fully saturated rings. The van der Waals surface area contributed by atoms with Crippen LogP contribution in [0.15, 0.2) is 39.1 Å². The van der Waals surface area contributed by atoms with Gasteiger partial charge in [0.15, 0.2) is 17.3 Å². The van der Waals surface area contributed by atoms with Crippen molar-refractivity contribution in [3.05, 3.63) is 44.7 Å². The second kappa shape index (κ2) is 8.22. The number of allylic oxidation sites excluding steroid dienone is 3. The number of nitrogens with one attached hydrogen (secondary N) is 1. The lowest BCUT2D eigenvalue weighted by Crippen LogP contribution is -2.34. The number of ketones is 1. The van der Waals surface area contributed by atoms with Crippen molar-refractivity contribution in [3.8, 4) is 11.5 Å². The molecular weight excluding hydrogens is 438 g/mol. The molecule has 3 aliphatic rings. The van der Waals surface area contributed by atoms with E-state index in [1.165, 1.54) is 0 Å². The summed E-state index contributed by atoms with van der Waals surface area (Å²) in [5.74, 6) is 0.440. The molecule has 2 heterocycles. The molecule has 29 heavy (non-hydrogen) atoms. The van der Waals surface area contributed by atoms with Gasteiger partial charge in [0.05, 0.1) is 12.2 Å². The third kappa shape index (κ3) is 3.68. The van der Waals surface area contributed by atoms with E-state index in [2.05, 4.69) is 21.2 Å². The van der Waals surface area contributed by atoms with E-state index in [9.17, 15) is 9.59 Å². The van der Waals surface area contributed by atoms with E-state index in [1.54, 1.807) is 0 Å². The van der Waals surface area contributed by atoms with E-state index in [1.807, 2.05) is 26.0 Å². The van der Waals surface area contributed by atoms with E-state index >= 15 is 0 Å². The third-order valence-electron chi connectivity index (χ3n) is 5.53. The van der Waals surface area contributed by atoms with Gasteiger partial charge in [-0.2, -0.15) is 0 Å². The van der Waals surface area contributed by atoms with Crippen LogP contribution in [0.3, 0.4) is 0 Å². The number of carbonyl (C=O) groups is 2. The molecule has 1 N–H and O–H groups in total. The second-order valence-electron chi connectivity index (χ2n) is 7.48. The van der Waals surface area contributed by atoms with Gasteiger partial charge in [-0.15, -0.1) is 0 Å². The van der Waals surface area contributed by atoms with Gasteiger partial charge in [-0.1, -0.05) is 29.3 Å². The van der Waals surface area contributed by atoms with Crippen molar-refractivity contribution in [2.24, 2.45) is 0 Å². The van der Waals surface area contributed by atoms with Gasteiger partial charge in [0, 0.05) is 33.8 Å². The van der Waals surface area contributed by atoms with Crippen molar-refractivity contribution in [3.63, 3.8) is 0 Å². The first-order valence-electron chi connectivity index (χ1n) is 10.0. The van der Waals surface area contributed by atoms with Gasteiger partial charge < -0.3 is 19.5 Å². The summed E-state index contributed by atoms with van der Waals surface area (Å²) in [6.45, 7) is 4.43. The highest BCUT2D eigenvalue weighted by molar-refractivity contribution is 9.10. The monoisotopic (exact) mass is 461 g/mol. The normalized spacial score (nSPS) is 20.5. The smallest absolute Gasteiger partial charge is 0.336 e.